The number of nitrogens with one attached hydrogen (secondary N) is 2. The average molecular weight is 499 g/mol. The fourth-order valence-electron chi connectivity index (χ4n) is 5.40. The van der Waals surface area contributed by atoms with Crippen molar-refractivity contribution >= 4 is 22.5 Å². The summed E-state index contributed by atoms with van der Waals surface area (Å²) in [5.41, 5.74) is 3.09. The van der Waals surface area contributed by atoms with E-state index < -0.39 is 5.60 Å². The topological polar surface area (TPSA) is 108 Å². The number of carbonyl (C=O) groups excluding carboxylic acids is 1. The van der Waals surface area contributed by atoms with E-state index in [1.165, 1.54) is 6.07 Å². The van der Waals surface area contributed by atoms with Crippen molar-refractivity contribution in [1.82, 2.24) is 30.1 Å². The second-order valence-electron chi connectivity index (χ2n) is 9.97. The quantitative estimate of drug-likeness (QED) is 0.334. The van der Waals surface area contributed by atoms with Crippen molar-refractivity contribution < 1.29 is 14.3 Å². The second-order valence-corrected chi connectivity index (χ2v) is 9.97. The normalized spacial score (nSPS) is 19.9. The van der Waals surface area contributed by atoms with Crippen molar-refractivity contribution in [3.63, 3.8) is 0 Å². The van der Waals surface area contributed by atoms with E-state index in [2.05, 4.69) is 25.6 Å². The fourth-order valence-corrected chi connectivity index (χ4v) is 5.40. The third kappa shape index (κ3) is 4.58. The molecular weight excluding hydrogens is 471 g/mol. The molecule has 1 fully saturated rings. The number of nitrogens with zero attached hydrogens (tertiary/aromatic N) is 4. The van der Waals surface area contributed by atoms with Gasteiger partial charge in [-0.2, -0.15) is 10.2 Å². The van der Waals surface area contributed by atoms with Crippen molar-refractivity contribution in [3.8, 4) is 11.3 Å². The molecule has 6 rings (SSSR count). The highest BCUT2D eigenvalue weighted by Crippen LogP contribution is 2.33. The number of hydrogen-bond acceptors (Lipinski definition) is 5. The van der Waals surface area contributed by atoms with Crippen LogP contribution in [0.5, 0.6) is 0 Å². The lowest BCUT2D eigenvalue weighted by Crippen LogP contribution is -2.46. The van der Waals surface area contributed by atoms with Gasteiger partial charge in [-0.25, -0.2) is 13.9 Å². The van der Waals surface area contributed by atoms with Crippen LogP contribution in [0.2, 0.25) is 0 Å². The lowest BCUT2D eigenvalue weighted by atomic mass is 9.78. The van der Waals surface area contributed by atoms with E-state index in [0.717, 1.165) is 40.6 Å². The van der Waals surface area contributed by atoms with Crippen LogP contribution in [0, 0.1) is 12.7 Å². The Morgan fingerprint density at radius 1 is 1.24 bits per heavy atom. The molecule has 0 bridgehead atoms. The number of carbonyl (C=O) groups is 1. The van der Waals surface area contributed by atoms with Gasteiger partial charge in [-0.3, -0.25) is 9.89 Å². The Kier molecular flexibility index (Phi) is 5.72. The Hall–Kier alpha value is -4.11. The van der Waals surface area contributed by atoms with Gasteiger partial charge in [0.15, 0.2) is 5.65 Å². The first-order valence-corrected chi connectivity index (χ1v) is 12.5. The first kappa shape index (κ1) is 23.3. The minimum atomic E-state index is -1.06. The number of amides is 1. The molecule has 3 N–H and O–H groups in total. The molecule has 2 aromatic carbocycles. The molecule has 0 radical (unpaired) electrons. The van der Waals surface area contributed by atoms with Crippen LogP contribution in [0.25, 0.3) is 27.8 Å². The largest absolute Gasteiger partial charge is 0.389 e. The highest BCUT2D eigenvalue weighted by Gasteiger charge is 2.35. The van der Waals surface area contributed by atoms with E-state index in [-0.39, 0.29) is 24.2 Å². The lowest BCUT2D eigenvalue weighted by Gasteiger charge is -2.37. The summed E-state index contributed by atoms with van der Waals surface area (Å²) in [6, 6.07) is 15.6. The maximum absolute atomic E-state index is 14.2. The third-order valence-corrected chi connectivity index (χ3v) is 7.17. The van der Waals surface area contributed by atoms with Gasteiger partial charge in [-0.1, -0.05) is 18.2 Å². The minimum absolute atomic E-state index is 0.199. The number of aromatic nitrogens is 5. The van der Waals surface area contributed by atoms with Crippen LogP contribution < -0.4 is 5.32 Å². The van der Waals surface area contributed by atoms with E-state index in [9.17, 15) is 14.3 Å². The zero-order valence-electron chi connectivity index (χ0n) is 20.4. The molecule has 3 aromatic heterocycles. The molecule has 0 unspecified atom stereocenters. The Morgan fingerprint density at radius 3 is 2.97 bits per heavy atom. The first-order valence-electron chi connectivity index (χ1n) is 12.5. The predicted octanol–water partition coefficient (Wildman–Crippen LogP) is 4.37. The van der Waals surface area contributed by atoms with Crippen molar-refractivity contribution in [2.24, 2.45) is 0 Å². The number of aliphatic hydroxyl groups is 1. The Bertz CT molecular complexity index is 1630. The molecule has 8 nitrogen and oxygen atoms in total. The van der Waals surface area contributed by atoms with E-state index in [1.807, 2.05) is 37.4 Å². The van der Waals surface area contributed by atoms with Crippen molar-refractivity contribution in [2.75, 3.05) is 0 Å². The molecule has 0 spiro atoms. The van der Waals surface area contributed by atoms with E-state index in [1.54, 1.807) is 28.8 Å². The summed E-state index contributed by atoms with van der Waals surface area (Å²) in [4.78, 5) is 17.6. The zero-order valence-corrected chi connectivity index (χ0v) is 20.4. The van der Waals surface area contributed by atoms with Gasteiger partial charge in [0, 0.05) is 35.2 Å². The SMILES string of the molecule is Cc1nc2ccc(-c3n[nH]c4ccc(C(=O)N[C@@H]5CCC[C@@](O)(Cc6ccccc6F)C5)cc34)cn2n1. The standard InChI is InChI=1S/C28H27FN6O2/c1-17-30-25-11-9-20(16-35(25)34-17)26-22-13-18(8-10-24(22)32-33-26)27(36)31-21-6-4-12-28(37,15-21)14-19-5-2-3-7-23(19)29/h2-3,5,7-11,13,16,21,37H,4,6,12,14-15H2,1H3,(H,31,36)(H,32,33)/t21-,28-/m1/s1. The van der Waals surface area contributed by atoms with Crippen LogP contribution in [-0.4, -0.2) is 47.5 Å². The molecule has 3 heterocycles. The minimum Gasteiger partial charge on any atom is -0.389 e. The first-order chi connectivity index (χ1) is 17.9. The number of halogens is 1. The van der Waals surface area contributed by atoms with Crippen molar-refractivity contribution in [2.45, 2.75) is 50.7 Å². The van der Waals surface area contributed by atoms with Crippen LogP contribution >= 0.6 is 0 Å². The van der Waals surface area contributed by atoms with Crippen molar-refractivity contribution in [1.29, 1.82) is 0 Å². The third-order valence-electron chi connectivity index (χ3n) is 7.17. The molecule has 1 amide bonds. The number of benzene rings is 2. The smallest absolute Gasteiger partial charge is 0.251 e. The van der Waals surface area contributed by atoms with Gasteiger partial charge >= 0.3 is 0 Å². The molecular formula is C28H27FN6O2. The summed E-state index contributed by atoms with van der Waals surface area (Å²) in [5.74, 6) is 0.160. The Balaban J connectivity index is 1.21. The summed E-state index contributed by atoms with van der Waals surface area (Å²) in [5, 5.41) is 27.0. The zero-order chi connectivity index (χ0) is 25.6. The van der Waals surface area contributed by atoms with E-state index >= 15 is 0 Å². The molecule has 1 saturated carbocycles. The highest BCUT2D eigenvalue weighted by atomic mass is 19.1. The van der Waals surface area contributed by atoms with Gasteiger partial charge < -0.3 is 10.4 Å². The predicted molar refractivity (Wildman–Crippen MR) is 138 cm³/mol. The summed E-state index contributed by atoms with van der Waals surface area (Å²) < 4.78 is 15.9. The van der Waals surface area contributed by atoms with Crippen molar-refractivity contribution in [3.05, 3.63) is 83.6 Å². The summed E-state index contributed by atoms with van der Waals surface area (Å²) in [6.07, 6.45) is 4.58. The number of fused-ring (bicyclic) bond motifs is 2. The number of aromatic amines is 1. The van der Waals surface area contributed by atoms with Gasteiger partial charge in [-0.15, -0.1) is 0 Å². The van der Waals surface area contributed by atoms with Gasteiger partial charge in [0.1, 0.15) is 17.3 Å². The second kappa shape index (κ2) is 9.08. The molecule has 5 aromatic rings. The van der Waals surface area contributed by atoms with Crippen LogP contribution in [0.1, 0.15) is 47.4 Å². The molecule has 1 aliphatic rings. The highest BCUT2D eigenvalue weighted by molar-refractivity contribution is 6.01. The number of aryl methyl sites for hydroxylation is 1. The number of H-pyrrole nitrogens is 1. The van der Waals surface area contributed by atoms with Crippen LogP contribution in [0.4, 0.5) is 4.39 Å². The van der Waals surface area contributed by atoms with E-state index in [4.69, 9.17) is 0 Å². The van der Waals surface area contributed by atoms with E-state index in [0.29, 0.717) is 29.8 Å². The monoisotopic (exact) mass is 498 g/mol. The Morgan fingerprint density at radius 2 is 2.11 bits per heavy atom. The molecule has 0 saturated heterocycles. The van der Waals surface area contributed by atoms with Crippen LogP contribution in [-0.2, 0) is 6.42 Å². The summed E-state index contributed by atoms with van der Waals surface area (Å²) >= 11 is 0. The maximum Gasteiger partial charge on any atom is 0.251 e. The fraction of sp³-hybridized carbons (Fsp3) is 0.286. The lowest BCUT2D eigenvalue weighted by molar-refractivity contribution is -0.00685. The molecule has 188 valence electrons. The Labute approximate surface area is 212 Å². The number of rotatable bonds is 5. The van der Waals surface area contributed by atoms with Crippen LogP contribution in [0.3, 0.4) is 0 Å². The summed E-state index contributed by atoms with van der Waals surface area (Å²) in [7, 11) is 0. The molecule has 9 heteroatoms. The number of hydrogen-bond donors (Lipinski definition) is 3. The van der Waals surface area contributed by atoms with Crippen LogP contribution in [0.15, 0.2) is 60.8 Å². The number of pyridine rings is 1. The van der Waals surface area contributed by atoms with Gasteiger partial charge in [0.2, 0.25) is 0 Å². The molecule has 1 aliphatic carbocycles. The average Bonchev–Trinajstić information content (AvgIpc) is 3.46. The maximum atomic E-state index is 14.2. The molecule has 2 atom stereocenters. The summed E-state index contributed by atoms with van der Waals surface area (Å²) in [6.45, 7) is 1.84. The molecule has 0 aliphatic heterocycles. The molecule has 37 heavy (non-hydrogen) atoms. The van der Waals surface area contributed by atoms with Gasteiger partial charge in [0.25, 0.3) is 5.91 Å². The van der Waals surface area contributed by atoms with Gasteiger partial charge in [-0.05, 0) is 74.6 Å². The van der Waals surface area contributed by atoms with Gasteiger partial charge in [0.05, 0.1) is 11.1 Å².